The van der Waals surface area contributed by atoms with E-state index in [1.54, 1.807) is 6.08 Å². The van der Waals surface area contributed by atoms with E-state index in [-0.39, 0.29) is 71.0 Å². The molecule has 30 heavy (non-hydrogen) atoms. The van der Waals surface area contributed by atoms with Gasteiger partial charge in [-0.2, -0.15) is 0 Å². The average molecular weight is 415 g/mol. The number of phenolic OH excluding ortho intramolecular Hbond substituents is 1. The van der Waals surface area contributed by atoms with Gasteiger partial charge in [0, 0.05) is 23.7 Å². The molecule has 2 saturated heterocycles. The molecule has 8 nitrogen and oxygen atoms in total. The van der Waals surface area contributed by atoms with Crippen molar-refractivity contribution in [3.8, 4) is 11.5 Å². The van der Waals surface area contributed by atoms with Gasteiger partial charge in [-0.3, -0.25) is 9.59 Å². The van der Waals surface area contributed by atoms with Crippen LogP contribution in [0.4, 0.5) is 5.69 Å². The topological polar surface area (TPSA) is 133 Å². The maximum absolute atomic E-state index is 12.5. The first-order valence-corrected chi connectivity index (χ1v) is 10.1. The molecule has 0 spiro atoms. The summed E-state index contributed by atoms with van der Waals surface area (Å²) in [7, 11) is 0. The largest absolute Gasteiger partial charge is 0.506 e. The molecular weight excluding hydrogens is 390 g/mol. The SMILES string of the molecule is C[C@]12C=CC(=O)[C@H](CCC(=O)CNc3c(O)ccc(C(=O)O)c3O)[C@H]1[C@@H]1CC[C@H]2O1. The molecule has 0 amide bonds. The number of carboxylic acids is 1. The van der Waals surface area contributed by atoms with Crippen molar-refractivity contribution in [2.45, 2.75) is 44.8 Å². The Hall–Kier alpha value is -2.87. The van der Waals surface area contributed by atoms with E-state index in [1.165, 1.54) is 0 Å². The summed E-state index contributed by atoms with van der Waals surface area (Å²) in [5.41, 5.74) is -0.746. The number of ether oxygens (including phenoxy) is 1. The minimum Gasteiger partial charge on any atom is -0.506 e. The molecule has 1 aromatic carbocycles. The van der Waals surface area contributed by atoms with Crippen LogP contribution in [0.5, 0.6) is 11.5 Å². The smallest absolute Gasteiger partial charge is 0.339 e. The van der Waals surface area contributed by atoms with Crippen LogP contribution in [0.2, 0.25) is 0 Å². The lowest BCUT2D eigenvalue weighted by Crippen LogP contribution is -2.45. The van der Waals surface area contributed by atoms with E-state index in [0.29, 0.717) is 6.42 Å². The van der Waals surface area contributed by atoms with E-state index >= 15 is 0 Å². The van der Waals surface area contributed by atoms with Crippen molar-refractivity contribution in [1.82, 2.24) is 0 Å². The van der Waals surface area contributed by atoms with Crippen molar-refractivity contribution in [3.05, 3.63) is 29.8 Å². The molecule has 3 aliphatic rings. The van der Waals surface area contributed by atoms with Crippen molar-refractivity contribution >= 4 is 23.2 Å². The second kappa shape index (κ2) is 7.43. The third-order valence-corrected chi connectivity index (χ3v) is 6.85. The number of rotatable bonds is 7. The van der Waals surface area contributed by atoms with E-state index in [4.69, 9.17) is 9.84 Å². The molecule has 2 aliphatic heterocycles. The van der Waals surface area contributed by atoms with Gasteiger partial charge in [-0.15, -0.1) is 0 Å². The van der Waals surface area contributed by atoms with Crippen LogP contribution in [0.1, 0.15) is 43.0 Å². The highest BCUT2D eigenvalue weighted by Crippen LogP contribution is 2.57. The zero-order valence-electron chi connectivity index (χ0n) is 16.6. The van der Waals surface area contributed by atoms with Crippen LogP contribution in [-0.4, -0.2) is 51.6 Å². The molecule has 160 valence electrons. The number of fused-ring (bicyclic) bond motifs is 5. The quantitative estimate of drug-likeness (QED) is 0.499. The Kier molecular flexibility index (Phi) is 5.05. The summed E-state index contributed by atoms with van der Waals surface area (Å²) in [6, 6.07) is 2.22. The van der Waals surface area contributed by atoms with Crippen LogP contribution in [0.25, 0.3) is 0 Å². The molecule has 2 fully saturated rings. The maximum Gasteiger partial charge on any atom is 0.339 e. The third-order valence-electron chi connectivity index (χ3n) is 6.85. The first-order valence-electron chi connectivity index (χ1n) is 10.1. The van der Waals surface area contributed by atoms with Gasteiger partial charge in [0.05, 0.1) is 18.8 Å². The molecule has 1 aromatic rings. The highest BCUT2D eigenvalue weighted by atomic mass is 16.5. The summed E-state index contributed by atoms with van der Waals surface area (Å²) in [6.07, 6.45) is 6.28. The van der Waals surface area contributed by atoms with Crippen molar-refractivity contribution < 1.29 is 34.4 Å². The molecule has 2 bridgehead atoms. The molecule has 0 radical (unpaired) electrons. The third kappa shape index (κ3) is 3.25. The number of hydrogen-bond donors (Lipinski definition) is 4. The molecule has 0 aromatic heterocycles. The molecule has 1 aliphatic carbocycles. The number of allylic oxidation sites excluding steroid dienone is 1. The Balaban J connectivity index is 1.39. The Labute approximate surface area is 173 Å². The molecule has 8 heteroatoms. The Morgan fingerprint density at radius 3 is 2.77 bits per heavy atom. The minimum atomic E-state index is -1.35. The molecule has 4 N–H and O–H groups in total. The minimum absolute atomic E-state index is 0.0267. The summed E-state index contributed by atoms with van der Waals surface area (Å²) in [5.74, 6) is -2.69. The van der Waals surface area contributed by atoms with Gasteiger partial charge in [0.25, 0.3) is 0 Å². The number of Topliss-reactive ketones (excluding diaryl/α,β-unsaturated/α-hetero) is 1. The lowest BCUT2D eigenvalue weighted by molar-refractivity contribution is -0.124. The predicted molar refractivity (Wildman–Crippen MR) is 107 cm³/mol. The van der Waals surface area contributed by atoms with Gasteiger partial charge in [-0.1, -0.05) is 13.0 Å². The predicted octanol–water partition coefficient (Wildman–Crippen LogP) is 2.50. The van der Waals surface area contributed by atoms with Crippen molar-refractivity contribution in [1.29, 1.82) is 0 Å². The second-order valence-electron chi connectivity index (χ2n) is 8.57. The van der Waals surface area contributed by atoms with Gasteiger partial charge in [0.2, 0.25) is 0 Å². The molecule has 4 rings (SSSR count). The zero-order valence-corrected chi connectivity index (χ0v) is 16.6. The Morgan fingerprint density at radius 2 is 2.03 bits per heavy atom. The standard InChI is InChI=1S/C22H25NO7/c1-22-9-8-14(25)12(18(22)16-6-7-17(22)30-16)3-2-11(24)10-23-19-15(26)5-4-13(20(19)27)21(28)29/h4-5,8-9,12,16-18,23,26-27H,2-3,6-7,10H2,1H3,(H,28,29)/t12-,16-,17+,18-,22+/m0/s1. The van der Waals surface area contributed by atoms with Gasteiger partial charge in [-0.25, -0.2) is 4.79 Å². The van der Waals surface area contributed by atoms with E-state index in [1.807, 2.05) is 6.08 Å². The number of carboxylic acid groups (broad SMARTS) is 1. The van der Waals surface area contributed by atoms with Gasteiger partial charge in [0.15, 0.2) is 17.3 Å². The van der Waals surface area contributed by atoms with Crippen LogP contribution in [0.3, 0.4) is 0 Å². The van der Waals surface area contributed by atoms with E-state index < -0.39 is 11.7 Å². The van der Waals surface area contributed by atoms with E-state index in [2.05, 4.69) is 12.2 Å². The molecule has 0 saturated carbocycles. The number of carbonyl (C=O) groups excluding carboxylic acids is 2. The van der Waals surface area contributed by atoms with Crippen molar-refractivity contribution in [2.24, 2.45) is 17.3 Å². The van der Waals surface area contributed by atoms with E-state index in [9.17, 15) is 24.6 Å². The van der Waals surface area contributed by atoms with Crippen LogP contribution < -0.4 is 5.32 Å². The number of nitrogens with one attached hydrogen (secondary N) is 1. The number of phenols is 2. The second-order valence-corrected chi connectivity index (χ2v) is 8.57. The van der Waals surface area contributed by atoms with Gasteiger partial charge in [-0.05, 0) is 37.5 Å². The van der Waals surface area contributed by atoms with Gasteiger partial charge < -0.3 is 25.4 Å². The molecule has 0 unspecified atom stereocenters. The van der Waals surface area contributed by atoms with Crippen molar-refractivity contribution in [2.75, 3.05) is 11.9 Å². The Bertz CT molecular complexity index is 940. The fourth-order valence-corrected chi connectivity index (χ4v) is 5.31. The number of carbonyl (C=O) groups is 3. The number of aromatic hydroxyl groups is 2. The summed E-state index contributed by atoms with van der Waals surface area (Å²) in [6.45, 7) is 1.92. The molecule has 5 atom stereocenters. The Morgan fingerprint density at radius 1 is 1.27 bits per heavy atom. The monoisotopic (exact) mass is 415 g/mol. The first-order chi connectivity index (χ1) is 14.2. The summed E-state index contributed by atoms with van der Waals surface area (Å²) in [4.78, 5) is 36.1. The van der Waals surface area contributed by atoms with Crippen LogP contribution in [0, 0.1) is 17.3 Å². The maximum atomic E-state index is 12.5. The average Bonchev–Trinajstić information content (AvgIpc) is 3.27. The van der Waals surface area contributed by atoms with Crippen LogP contribution in [-0.2, 0) is 14.3 Å². The molecule has 2 heterocycles. The number of benzene rings is 1. The number of ketones is 2. The lowest BCUT2D eigenvalue weighted by Gasteiger charge is -2.42. The molecular formula is C22H25NO7. The number of anilines is 1. The first kappa shape index (κ1) is 20.4. The summed E-state index contributed by atoms with van der Waals surface area (Å²) < 4.78 is 6.07. The normalized spacial score (nSPS) is 31.6. The van der Waals surface area contributed by atoms with Crippen LogP contribution in [0.15, 0.2) is 24.3 Å². The fraction of sp³-hybridized carbons (Fsp3) is 0.500. The summed E-state index contributed by atoms with van der Waals surface area (Å²) in [5, 5.41) is 31.6. The van der Waals surface area contributed by atoms with E-state index in [0.717, 1.165) is 25.0 Å². The lowest BCUT2D eigenvalue weighted by atomic mass is 9.58. The van der Waals surface area contributed by atoms with Crippen LogP contribution >= 0.6 is 0 Å². The van der Waals surface area contributed by atoms with Gasteiger partial charge >= 0.3 is 5.97 Å². The van der Waals surface area contributed by atoms with Crippen molar-refractivity contribution in [3.63, 3.8) is 0 Å². The highest BCUT2D eigenvalue weighted by molar-refractivity contribution is 5.95. The zero-order chi connectivity index (χ0) is 21.6. The fourth-order valence-electron chi connectivity index (χ4n) is 5.31. The van der Waals surface area contributed by atoms with Gasteiger partial charge in [0.1, 0.15) is 17.0 Å². The number of hydrogen-bond acceptors (Lipinski definition) is 7. The number of aromatic carboxylic acids is 1. The highest BCUT2D eigenvalue weighted by Gasteiger charge is 2.60. The summed E-state index contributed by atoms with van der Waals surface area (Å²) >= 11 is 0.